The number of anilines is 1. The SMILES string of the molecule is CCCO/N=C(\C(=O)N[C@@H]1C(=O)N2C(C(=O)[O-])=C(Cn3cc[n+]4cc(C#N)ccc34)CS[C@@H]12)c1csc(N)n1. The van der Waals surface area contributed by atoms with Crippen LogP contribution < -0.4 is 20.6 Å². The molecule has 0 radical (unpaired) electrons. The van der Waals surface area contributed by atoms with Gasteiger partial charge in [-0.05, 0) is 12.5 Å². The molecule has 15 heteroatoms. The molecule has 2 aliphatic rings. The number of pyridine rings is 1. The number of thiazole rings is 1. The molecule has 5 heterocycles. The molecule has 0 bridgehead atoms. The number of nitrogens with one attached hydrogen (secondary N) is 1. The summed E-state index contributed by atoms with van der Waals surface area (Å²) >= 11 is 2.47. The Bertz CT molecular complexity index is 1590. The molecule has 1 saturated heterocycles. The fourth-order valence-corrected chi connectivity index (χ4v) is 6.20. The summed E-state index contributed by atoms with van der Waals surface area (Å²) in [4.78, 5) is 48.8. The summed E-state index contributed by atoms with van der Waals surface area (Å²) in [5.74, 6) is -2.44. The molecule has 1 fully saturated rings. The predicted molar refractivity (Wildman–Crippen MR) is 139 cm³/mol. The number of aromatic nitrogens is 3. The summed E-state index contributed by atoms with van der Waals surface area (Å²) < 4.78 is 3.58. The maximum Gasteiger partial charge on any atom is 0.286 e. The van der Waals surface area contributed by atoms with Gasteiger partial charge in [0.15, 0.2) is 10.8 Å². The van der Waals surface area contributed by atoms with E-state index in [1.54, 1.807) is 40.5 Å². The predicted octanol–water partition coefficient (Wildman–Crippen LogP) is -0.628. The minimum atomic E-state index is -1.47. The van der Waals surface area contributed by atoms with E-state index in [0.29, 0.717) is 23.3 Å². The molecule has 2 amide bonds. The van der Waals surface area contributed by atoms with Crippen molar-refractivity contribution in [3.8, 4) is 6.07 Å². The van der Waals surface area contributed by atoms with Crippen molar-refractivity contribution in [3.05, 3.63) is 58.6 Å². The quantitative estimate of drug-likeness (QED) is 0.112. The normalized spacial score (nSPS) is 18.9. The largest absolute Gasteiger partial charge is 0.543 e. The molecule has 2 aliphatic heterocycles. The summed E-state index contributed by atoms with van der Waals surface area (Å²) in [6, 6.07) is 4.53. The van der Waals surface area contributed by atoms with Crippen molar-refractivity contribution in [1.82, 2.24) is 19.8 Å². The number of aliphatic carboxylic acids is 1. The van der Waals surface area contributed by atoms with Crippen LogP contribution in [0.5, 0.6) is 0 Å². The smallest absolute Gasteiger partial charge is 0.286 e. The minimum Gasteiger partial charge on any atom is -0.543 e. The molecule has 0 aliphatic carbocycles. The van der Waals surface area contributed by atoms with Gasteiger partial charge in [0.25, 0.3) is 17.5 Å². The first kappa shape index (κ1) is 26.2. The van der Waals surface area contributed by atoms with E-state index in [4.69, 9.17) is 15.8 Å². The number of hydrogen-bond acceptors (Lipinski definition) is 11. The molecule has 200 valence electrons. The monoisotopic (exact) mass is 566 g/mol. The van der Waals surface area contributed by atoms with E-state index in [0.717, 1.165) is 21.9 Å². The number of carbonyl (C=O) groups excluding carboxylic acids is 3. The number of rotatable bonds is 9. The van der Waals surface area contributed by atoms with Gasteiger partial charge in [-0.1, -0.05) is 12.1 Å². The van der Waals surface area contributed by atoms with E-state index in [-0.39, 0.29) is 35.4 Å². The minimum absolute atomic E-state index is 0.128. The van der Waals surface area contributed by atoms with Gasteiger partial charge in [0.05, 0.1) is 17.2 Å². The summed E-state index contributed by atoms with van der Waals surface area (Å²) in [7, 11) is 0. The zero-order valence-corrected chi connectivity index (χ0v) is 22.2. The van der Waals surface area contributed by atoms with E-state index < -0.39 is 29.2 Å². The van der Waals surface area contributed by atoms with Crippen molar-refractivity contribution >= 4 is 57.4 Å². The fraction of sp³-hybridized carbons (Fsp3) is 0.292. The second kappa shape index (κ2) is 10.8. The molecule has 0 spiro atoms. The van der Waals surface area contributed by atoms with Gasteiger partial charge in [-0.2, -0.15) is 5.26 Å². The second-order valence-corrected chi connectivity index (χ2v) is 10.7. The molecule has 0 saturated carbocycles. The third kappa shape index (κ3) is 4.91. The number of thioether (sulfide) groups is 1. The molecule has 2 atom stereocenters. The fourth-order valence-electron chi connectivity index (χ4n) is 4.31. The van der Waals surface area contributed by atoms with Gasteiger partial charge in [-0.25, -0.2) is 14.0 Å². The third-order valence-electron chi connectivity index (χ3n) is 6.10. The number of carboxylic acid groups (broad SMARTS) is 1. The van der Waals surface area contributed by atoms with Gasteiger partial charge in [0.1, 0.15) is 54.9 Å². The number of β-lactam (4-membered cyclic amide) rings is 1. The van der Waals surface area contributed by atoms with Crippen LogP contribution in [0.3, 0.4) is 0 Å². The van der Waals surface area contributed by atoms with Gasteiger partial charge in [0.2, 0.25) is 0 Å². The molecule has 3 aromatic heterocycles. The number of fused-ring (bicyclic) bond motifs is 2. The van der Waals surface area contributed by atoms with Crippen LogP contribution in [0.15, 0.2) is 52.5 Å². The van der Waals surface area contributed by atoms with Crippen LogP contribution >= 0.6 is 23.1 Å². The lowest BCUT2D eigenvalue weighted by Gasteiger charge is -2.50. The van der Waals surface area contributed by atoms with E-state index in [2.05, 4.69) is 21.5 Å². The molecule has 0 unspecified atom stereocenters. The topological polar surface area (TPSA) is 183 Å². The molecule has 3 aromatic rings. The number of carboxylic acids is 1. The highest BCUT2D eigenvalue weighted by Crippen LogP contribution is 2.40. The number of nitriles is 1. The summed E-state index contributed by atoms with van der Waals surface area (Å²) in [6.45, 7) is 2.36. The van der Waals surface area contributed by atoms with Crippen LogP contribution in [0.25, 0.3) is 5.65 Å². The van der Waals surface area contributed by atoms with Crippen molar-refractivity contribution in [2.24, 2.45) is 5.16 Å². The van der Waals surface area contributed by atoms with Gasteiger partial charge < -0.3 is 25.8 Å². The van der Waals surface area contributed by atoms with Crippen molar-refractivity contribution in [3.63, 3.8) is 0 Å². The van der Waals surface area contributed by atoms with Crippen LogP contribution in [-0.4, -0.2) is 61.7 Å². The Kier molecular flexibility index (Phi) is 7.22. The Morgan fingerprint density at radius 1 is 1.44 bits per heavy atom. The maximum absolute atomic E-state index is 13.1. The Morgan fingerprint density at radius 3 is 2.95 bits per heavy atom. The molecule has 39 heavy (non-hydrogen) atoms. The summed E-state index contributed by atoms with van der Waals surface area (Å²) in [6.07, 6.45) is 5.86. The Morgan fingerprint density at radius 2 is 2.26 bits per heavy atom. The number of nitrogens with zero attached hydrogens (tertiary/aromatic N) is 6. The van der Waals surface area contributed by atoms with E-state index in [1.165, 1.54) is 11.8 Å². The van der Waals surface area contributed by atoms with Crippen LogP contribution in [0, 0.1) is 11.3 Å². The molecular formula is C24H22N8O5S2. The average Bonchev–Trinajstić information content (AvgIpc) is 3.54. The van der Waals surface area contributed by atoms with Gasteiger partial charge >= 0.3 is 0 Å². The van der Waals surface area contributed by atoms with E-state index in [9.17, 15) is 19.5 Å². The first-order chi connectivity index (χ1) is 18.8. The number of nitrogens with two attached hydrogens (primary N) is 1. The number of hydrogen-bond donors (Lipinski definition) is 2. The highest BCUT2D eigenvalue weighted by atomic mass is 32.2. The first-order valence-electron chi connectivity index (χ1n) is 11.8. The zero-order valence-electron chi connectivity index (χ0n) is 20.6. The summed E-state index contributed by atoms with van der Waals surface area (Å²) in [5.41, 5.74) is 7.29. The van der Waals surface area contributed by atoms with Crippen LogP contribution in [0.2, 0.25) is 0 Å². The standard InChI is InChI=1S/C24H22N8O5S2/c1-2-7-37-29-17(15-12-39-24(26)27-15)20(33)28-18-21(34)32-19(23(35)36)14(11-38-22(18)32)10-31-6-5-30-9-13(8-25)3-4-16(30)31/h3-6,9,12,18,22H,2,7,10-11H2,1H3,(H3-,26,27,28,33,35,36)/b29-17-/t18-,22+/m1/s1. The number of amides is 2. The Labute approximate surface area is 230 Å². The Balaban J connectivity index is 1.36. The third-order valence-corrected chi connectivity index (χ3v) is 8.12. The van der Waals surface area contributed by atoms with Crippen molar-refractivity contribution in [2.75, 3.05) is 18.1 Å². The molecule has 0 aromatic carbocycles. The van der Waals surface area contributed by atoms with Crippen molar-refractivity contribution in [1.29, 1.82) is 5.26 Å². The molecule has 3 N–H and O–H groups in total. The van der Waals surface area contributed by atoms with E-state index >= 15 is 0 Å². The van der Waals surface area contributed by atoms with Gasteiger partial charge in [-0.15, -0.1) is 23.1 Å². The molecular weight excluding hydrogens is 544 g/mol. The lowest BCUT2D eigenvalue weighted by Crippen LogP contribution is -2.71. The zero-order chi connectivity index (χ0) is 27.7. The second-order valence-electron chi connectivity index (χ2n) is 8.67. The number of carbonyl (C=O) groups is 3. The first-order valence-corrected chi connectivity index (χ1v) is 13.8. The molecule has 13 nitrogen and oxygen atoms in total. The summed E-state index contributed by atoms with van der Waals surface area (Å²) in [5, 5.41) is 29.0. The lowest BCUT2D eigenvalue weighted by molar-refractivity contribution is -0.510. The number of oxime groups is 1. The lowest BCUT2D eigenvalue weighted by atomic mass is 10.0. The maximum atomic E-state index is 13.1. The highest BCUT2D eigenvalue weighted by Gasteiger charge is 2.53. The van der Waals surface area contributed by atoms with E-state index in [1.807, 2.05) is 11.5 Å². The van der Waals surface area contributed by atoms with Crippen LogP contribution in [0.4, 0.5) is 5.13 Å². The number of nitrogen functional groups attached to an aromatic ring is 1. The Hall–Kier alpha value is -4.42. The highest BCUT2D eigenvalue weighted by molar-refractivity contribution is 8.00. The molecule has 5 rings (SSSR count). The van der Waals surface area contributed by atoms with Crippen LogP contribution in [0.1, 0.15) is 24.6 Å². The average molecular weight is 567 g/mol. The number of imidazole rings is 1. The van der Waals surface area contributed by atoms with Crippen molar-refractivity contribution < 1.29 is 28.7 Å². The van der Waals surface area contributed by atoms with Crippen LogP contribution in [-0.2, 0) is 25.8 Å². The van der Waals surface area contributed by atoms with Gasteiger partial charge in [-0.3, -0.25) is 14.5 Å². The van der Waals surface area contributed by atoms with Crippen molar-refractivity contribution in [2.45, 2.75) is 31.3 Å². The van der Waals surface area contributed by atoms with Gasteiger partial charge in [0, 0.05) is 22.8 Å².